The summed E-state index contributed by atoms with van der Waals surface area (Å²) >= 11 is 0. The molecule has 1 heterocycles. The number of hydrogen-bond donors (Lipinski definition) is 1. The van der Waals surface area contributed by atoms with Gasteiger partial charge in [0.05, 0.1) is 10.5 Å². The SMILES string of the molecule is CCc1nc(-c2ccccc2[N+](=O)[O-])nc(N)c1C. The van der Waals surface area contributed by atoms with E-state index >= 15 is 0 Å². The lowest BCUT2D eigenvalue weighted by Crippen LogP contribution is -2.05. The number of nitrogen functional groups attached to an aromatic ring is 1. The molecule has 1 aromatic heterocycles. The van der Waals surface area contributed by atoms with Crippen molar-refractivity contribution in [2.45, 2.75) is 20.3 Å². The summed E-state index contributed by atoms with van der Waals surface area (Å²) in [6.07, 6.45) is 0.701. The maximum absolute atomic E-state index is 11.0. The Bertz CT molecular complexity index is 641. The first-order chi connectivity index (χ1) is 9.04. The van der Waals surface area contributed by atoms with Crippen LogP contribution in [0.25, 0.3) is 11.4 Å². The van der Waals surface area contributed by atoms with Crippen LogP contribution in [0.3, 0.4) is 0 Å². The van der Waals surface area contributed by atoms with Crippen molar-refractivity contribution in [2.75, 3.05) is 5.73 Å². The van der Waals surface area contributed by atoms with Gasteiger partial charge >= 0.3 is 0 Å². The first-order valence-electron chi connectivity index (χ1n) is 5.91. The Labute approximate surface area is 110 Å². The van der Waals surface area contributed by atoms with E-state index in [0.717, 1.165) is 11.3 Å². The molecule has 2 rings (SSSR count). The van der Waals surface area contributed by atoms with Crippen molar-refractivity contribution in [3.8, 4) is 11.4 Å². The minimum Gasteiger partial charge on any atom is -0.383 e. The number of anilines is 1. The summed E-state index contributed by atoms with van der Waals surface area (Å²) in [6.45, 7) is 3.80. The molecule has 1 aromatic carbocycles. The first kappa shape index (κ1) is 12.9. The van der Waals surface area contributed by atoms with E-state index in [1.54, 1.807) is 18.2 Å². The van der Waals surface area contributed by atoms with E-state index in [1.807, 2.05) is 13.8 Å². The maximum Gasteiger partial charge on any atom is 0.280 e. The first-order valence-corrected chi connectivity index (χ1v) is 5.91. The van der Waals surface area contributed by atoms with Gasteiger partial charge in [0.1, 0.15) is 5.82 Å². The van der Waals surface area contributed by atoms with Crippen LogP contribution in [0.5, 0.6) is 0 Å². The minimum absolute atomic E-state index is 0.0205. The Morgan fingerprint density at radius 2 is 2.00 bits per heavy atom. The number of nitrogens with two attached hydrogens (primary N) is 1. The van der Waals surface area contributed by atoms with Crippen molar-refractivity contribution in [1.82, 2.24) is 9.97 Å². The molecular weight excluding hydrogens is 244 g/mol. The largest absolute Gasteiger partial charge is 0.383 e. The Kier molecular flexibility index (Phi) is 3.41. The second kappa shape index (κ2) is 5.01. The molecule has 0 atom stereocenters. The molecule has 6 heteroatoms. The monoisotopic (exact) mass is 258 g/mol. The van der Waals surface area contributed by atoms with Crippen LogP contribution >= 0.6 is 0 Å². The highest BCUT2D eigenvalue weighted by Crippen LogP contribution is 2.28. The number of nitrogens with zero attached hydrogens (tertiary/aromatic N) is 3. The highest BCUT2D eigenvalue weighted by Gasteiger charge is 2.18. The van der Waals surface area contributed by atoms with E-state index in [0.29, 0.717) is 23.6 Å². The summed E-state index contributed by atoms with van der Waals surface area (Å²) in [6, 6.07) is 6.38. The summed E-state index contributed by atoms with van der Waals surface area (Å²) in [5, 5.41) is 11.0. The normalized spacial score (nSPS) is 10.4. The van der Waals surface area contributed by atoms with Crippen molar-refractivity contribution in [3.63, 3.8) is 0 Å². The molecule has 6 nitrogen and oxygen atoms in total. The third kappa shape index (κ3) is 2.37. The average molecular weight is 258 g/mol. The van der Waals surface area contributed by atoms with Gasteiger partial charge in [0.2, 0.25) is 0 Å². The smallest absolute Gasteiger partial charge is 0.280 e. The summed E-state index contributed by atoms with van der Waals surface area (Å²) < 4.78 is 0. The Morgan fingerprint density at radius 3 is 2.63 bits per heavy atom. The summed E-state index contributed by atoms with van der Waals surface area (Å²) in [7, 11) is 0. The Balaban J connectivity index is 2.66. The zero-order valence-corrected chi connectivity index (χ0v) is 10.8. The van der Waals surface area contributed by atoms with Gasteiger partial charge in [0.15, 0.2) is 5.82 Å². The van der Waals surface area contributed by atoms with Crippen LogP contribution in [-0.2, 0) is 6.42 Å². The van der Waals surface area contributed by atoms with E-state index in [1.165, 1.54) is 6.07 Å². The lowest BCUT2D eigenvalue weighted by Gasteiger charge is -2.08. The third-order valence-electron chi connectivity index (χ3n) is 2.96. The molecule has 0 saturated heterocycles. The van der Waals surface area contributed by atoms with Gasteiger partial charge in [-0.05, 0) is 19.4 Å². The number of aryl methyl sites for hydroxylation is 1. The number of rotatable bonds is 3. The quantitative estimate of drug-likeness (QED) is 0.674. The van der Waals surface area contributed by atoms with Crippen molar-refractivity contribution in [1.29, 1.82) is 0 Å². The molecular formula is C13H14N4O2. The highest BCUT2D eigenvalue weighted by atomic mass is 16.6. The minimum atomic E-state index is -0.444. The van der Waals surface area contributed by atoms with Crippen LogP contribution in [0.15, 0.2) is 24.3 Å². The van der Waals surface area contributed by atoms with Crippen LogP contribution in [-0.4, -0.2) is 14.9 Å². The number of para-hydroxylation sites is 1. The van der Waals surface area contributed by atoms with Gasteiger partial charge in [-0.15, -0.1) is 0 Å². The van der Waals surface area contributed by atoms with Gasteiger partial charge in [-0.25, -0.2) is 9.97 Å². The zero-order valence-electron chi connectivity index (χ0n) is 10.8. The van der Waals surface area contributed by atoms with Gasteiger partial charge in [-0.2, -0.15) is 0 Å². The second-order valence-electron chi connectivity index (χ2n) is 4.13. The third-order valence-corrected chi connectivity index (χ3v) is 2.96. The molecule has 19 heavy (non-hydrogen) atoms. The van der Waals surface area contributed by atoms with Crippen molar-refractivity contribution in [3.05, 3.63) is 45.6 Å². The molecule has 0 fully saturated rings. The molecule has 0 amide bonds. The van der Waals surface area contributed by atoms with Crippen LogP contribution in [0, 0.1) is 17.0 Å². The zero-order chi connectivity index (χ0) is 14.0. The predicted octanol–water partition coefficient (Wildman–Crippen LogP) is 2.50. The Morgan fingerprint density at radius 1 is 1.32 bits per heavy atom. The standard InChI is InChI=1S/C13H14N4O2/c1-3-10-8(2)12(14)16-13(15-10)9-6-4-5-7-11(9)17(18)19/h4-7H,3H2,1-2H3,(H2,14,15,16). The molecule has 0 aliphatic rings. The number of benzene rings is 1. The van der Waals surface area contributed by atoms with E-state index in [-0.39, 0.29) is 5.69 Å². The molecule has 0 spiro atoms. The maximum atomic E-state index is 11.0. The average Bonchev–Trinajstić information content (AvgIpc) is 2.41. The summed E-state index contributed by atoms with van der Waals surface area (Å²) in [5.74, 6) is 0.659. The van der Waals surface area contributed by atoms with Gasteiger partial charge < -0.3 is 5.73 Å². The fourth-order valence-electron chi connectivity index (χ4n) is 1.87. The van der Waals surface area contributed by atoms with Crippen LogP contribution in [0.1, 0.15) is 18.2 Å². The molecule has 2 N–H and O–H groups in total. The lowest BCUT2D eigenvalue weighted by atomic mass is 10.1. The van der Waals surface area contributed by atoms with E-state index in [9.17, 15) is 10.1 Å². The molecule has 0 aliphatic carbocycles. The van der Waals surface area contributed by atoms with Crippen molar-refractivity contribution in [2.24, 2.45) is 0 Å². The van der Waals surface area contributed by atoms with Gasteiger partial charge in [0.25, 0.3) is 5.69 Å². The fraction of sp³-hybridized carbons (Fsp3) is 0.231. The molecule has 0 aliphatic heterocycles. The molecule has 0 bridgehead atoms. The number of hydrogen-bond acceptors (Lipinski definition) is 5. The molecule has 98 valence electrons. The van der Waals surface area contributed by atoms with Crippen LogP contribution < -0.4 is 5.73 Å². The lowest BCUT2D eigenvalue weighted by molar-refractivity contribution is -0.384. The molecule has 0 radical (unpaired) electrons. The van der Waals surface area contributed by atoms with E-state index in [4.69, 9.17) is 5.73 Å². The van der Waals surface area contributed by atoms with Crippen molar-refractivity contribution >= 4 is 11.5 Å². The second-order valence-corrected chi connectivity index (χ2v) is 4.13. The number of nitro groups is 1. The molecule has 0 unspecified atom stereocenters. The topological polar surface area (TPSA) is 94.9 Å². The van der Waals surface area contributed by atoms with Gasteiger partial charge in [-0.1, -0.05) is 19.1 Å². The predicted molar refractivity (Wildman–Crippen MR) is 72.6 cm³/mol. The molecule has 2 aromatic rings. The highest BCUT2D eigenvalue weighted by molar-refractivity contribution is 5.69. The van der Waals surface area contributed by atoms with Crippen LogP contribution in [0.4, 0.5) is 11.5 Å². The summed E-state index contributed by atoms with van der Waals surface area (Å²) in [5.41, 5.74) is 7.83. The molecule has 0 saturated carbocycles. The van der Waals surface area contributed by atoms with Gasteiger partial charge in [-0.3, -0.25) is 10.1 Å². The Hall–Kier alpha value is -2.50. The van der Waals surface area contributed by atoms with Crippen LogP contribution in [0.2, 0.25) is 0 Å². The van der Waals surface area contributed by atoms with Crippen molar-refractivity contribution < 1.29 is 4.92 Å². The number of aromatic nitrogens is 2. The van der Waals surface area contributed by atoms with E-state index in [2.05, 4.69) is 9.97 Å². The fourth-order valence-corrected chi connectivity index (χ4v) is 1.87. The number of nitro benzene ring substituents is 1. The van der Waals surface area contributed by atoms with Gasteiger partial charge in [0, 0.05) is 17.3 Å². The summed E-state index contributed by atoms with van der Waals surface area (Å²) in [4.78, 5) is 19.1. The van der Waals surface area contributed by atoms with E-state index < -0.39 is 4.92 Å².